The number of hydrazone groups is 1. The van der Waals surface area contributed by atoms with Gasteiger partial charge in [-0.2, -0.15) is 5.10 Å². The number of carbonyl (C=O) groups is 1. The number of amides is 1. The van der Waals surface area contributed by atoms with E-state index in [9.17, 15) is 4.79 Å². The number of hydrogen-bond acceptors (Lipinski definition) is 3. The van der Waals surface area contributed by atoms with Gasteiger partial charge in [0.15, 0.2) is 0 Å². The smallest absolute Gasteiger partial charge is 0.272 e. The zero-order valence-electron chi connectivity index (χ0n) is 12.0. The van der Waals surface area contributed by atoms with Crippen molar-refractivity contribution in [3.8, 4) is 5.75 Å². The molecule has 0 fully saturated rings. The molecule has 1 N–H and O–H groups in total. The highest BCUT2D eigenvalue weighted by Crippen LogP contribution is 2.18. The number of ether oxygens (including phenoxy) is 1. The van der Waals surface area contributed by atoms with Gasteiger partial charge in [-0.1, -0.05) is 30.3 Å². The first kappa shape index (κ1) is 16.0. The summed E-state index contributed by atoms with van der Waals surface area (Å²) in [5, 5.41) is 3.89. The third-order valence-corrected chi connectivity index (χ3v) is 3.55. The molecule has 0 aromatic heterocycles. The molecule has 0 unspecified atom stereocenters. The van der Waals surface area contributed by atoms with Gasteiger partial charge in [0, 0.05) is 16.3 Å². The summed E-state index contributed by atoms with van der Waals surface area (Å²) in [5.41, 5.74) is 3.95. The zero-order valence-corrected chi connectivity index (χ0v) is 13.6. The van der Waals surface area contributed by atoms with E-state index in [1.807, 2.05) is 36.4 Å². The quantitative estimate of drug-likeness (QED) is 0.651. The fourth-order valence-corrected chi connectivity index (χ4v) is 2.26. The fourth-order valence-electron chi connectivity index (χ4n) is 1.80. The monoisotopic (exact) mass is 358 g/mol. The Morgan fingerprint density at radius 3 is 2.68 bits per heavy atom. The van der Waals surface area contributed by atoms with Crippen molar-refractivity contribution < 1.29 is 9.53 Å². The molecule has 0 radical (unpaired) electrons. The maximum absolute atomic E-state index is 11.9. The Balaban J connectivity index is 1.95. The van der Waals surface area contributed by atoms with Crippen LogP contribution in [0.5, 0.6) is 5.75 Å². The number of para-hydroxylation sites is 1. The summed E-state index contributed by atoms with van der Waals surface area (Å²) < 4.78 is 5.97. The highest BCUT2D eigenvalue weighted by molar-refractivity contribution is 9.10. The molecule has 0 aliphatic rings. The second-order valence-corrected chi connectivity index (χ2v) is 5.15. The molecular formula is C17H15BrN2O2. The first-order chi connectivity index (χ1) is 10.7. The second-order valence-electron chi connectivity index (χ2n) is 4.30. The van der Waals surface area contributed by atoms with Crippen LogP contribution in [0.15, 0.2) is 64.2 Å². The second kappa shape index (κ2) is 8.14. The third kappa shape index (κ3) is 4.30. The molecule has 0 heterocycles. The molecule has 2 aromatic rings. The Labute approximate surface area is 137 Å². The summed E-state index contributed by atoms with van der Waals surface area (Å²) in [6.07, 6.45) is 5.10. The van der Waals surface area contributed by atoms with Crippen molar-refractivity contribution in [2.24, 2.45) is 5.10 Å². The number of halogens is 1. The van der Waals surface area contributed by atoms with Gasteiger partial charge in [0.1, 0.15) is 5.75 Å². The lowest BCUT2D eigenvalue weighted by atomic mass is 10.2. The molecular weight excluding hydrogens is 344 g/mol. The molecule has 0 saturated heterocycles. The molecule has 2 aromatic carbocycles. The van der Waals surface area contributed by atoms with Gasteiger partial charge < -0.3 is 4.74 Å². The number of allylic oxidation sites excluding steroid dienone is 1. The lowest BCUT2D eigenvalue weighted by Crippen LogP contribution is -2.17. The molecule has 0 bridgehead atoms. The fraction of sp³-hybridized carbons (Fsp3) is 0.0588. The number of methoxy groups -OCH3 is 1. The topological polar surface area (TPSA) is 50.7 Å². The zero-order chi connectivity index (χ0) is 15.8. The summed E-state index contributed by atoms with van der Waals surface area (Å²) >= 11 is 3.33. The maximum Gasteiger partial charge on any atom is 0.272 e. The third-order valence-electron chi connectivity index (χ3n) is 2.86. The normalized spacial score (nSPS) is 11.0. The van der Waals surface area contributed by atoms with Crippen molar-refractivity contribution in [2.45, 2.75) is 0 Å². The van der Waals surface area contributed by atoms with Crippen molar-refractivity contribution in [3.63, 3.8) is 0 Å². The number of nitrogens with zero attached hydrogens (tertiary/aromatic N) is 1. The van der Waals surface area contributed by atoms with Gasteiger partial charge >= 0.3 is 0 Å². The van der Waals surface area contributed by atoms with Crippen LogP contribution in [0.3, 0.4) is 0 Å². The van der Waals surface area contributed by atoms with E-state index in [4.69, 9.17) is 4.74 Å². The summed E-state index contributed by atoms with van der Waals surface area (Å²) in [4.78, 5) is 11.9. The molecule has 112 valence electrons. The lowest BCUT2D eigenvalue weighted by Gasteiger charge is -2.02. The van der Waals surface area contributed by atoms with Crippen LogP contribution < -0.4 is 10.2 Å². The van der Waals surface area contributed by atoms with Crippen LogP contribution in [0.25, 0.3) is 6.08 Å². The minimum Gasteiger partial charge on any atom is -0.496 e. The summed E-state index contributed by atoms with van der Waals surface area (Å²) in [5.74, 6) is 0.513. The SMILES string of the molecule is COc1ccccc1/C=C/C=N\NC(=O)c1ccccc1Br. The Bertz CT molecular complexity index is 711. The molecule has 0 atom stereocenters. The van der Waals surface area contributed by atoms with Gasteiger partial charge in [-0.15, -0.1) is 0 Å². The van der Waals surface area contributed by atoms with Crippen LogP contribution in [-0.2, 0) is 0 Å². The van der Waals surface area contributed by atoms with Gasteiger partial charge in [-0.05, 0) is 46.3 Å². The van der Waals surface area contributed by atoms with Crippen molar-refractivity contribution in [1.29, 1.82) is 0 Å². The Kier molecular flexibility index (Phi) is 5.91. The van der Waals surface area contributed by atoms with Crippen LogP contribution >= 0.6 is 15.9 Å². The minimum absolute atomic E-state index is 0.269. The van der Waals surface area contributed by atoms with Crippen LogP contribution in [-0.4, -0.2) is 19.2 Å². The van der Waals surface area contributed by atoms with Gasteiger partial charge in [-0.25, -0.2) is 5.43 Å². The molecule has 5 heteroatoms. The lowest BCUT2D eigenvalue weighted by molar-refractivity contribution is 0.0954. The standard InChI is InChI=1S/C17H15BrN2O2/c1-22-16-11-5-2-7-13(16)8-6-12-19-20-17(21)14-9-3-4-10-15(14)18/h2-12H,1H3,(H,20,21)/b8-6+,19-12-. The average Bonchev–Trinajstić information content (AvgIpc) is 2.55. The molecule has 0 aliphatic carbocycles. The van der Waals surface area contributed by atoms with Gasteiger partial charge in [0.05, 0.1) is 12.7 Å². The number of nitrogens with one attached hydrogen (secondary N) is 1. The van der Waals surface area contributed by atoms with E-state index in [0.29, 0.717) is 5.56 Å². The highest BCUT2D eigenvalue weighted by Gasteiger charge is 2.06. The van der Waals surface area contributed by atoms with E-state index in [1.165, 1.54) is 6.21 Å². The molecule has 2 rings (SSSR count). The predicted molar refractivity (Wildman–Crippen MR) is 92.1 cm³/mol. The first-order valence-corrected chi connectivity index (χ1v) is 7.39. The van der Waals surface area contributed by atoms with Gasteiger partial charge in [-0.3, -0.25) is 4.79 Å². The Hall–Kier alpha value is -2.40. The highest BCUT2D eigenvalue weighted by atomic mass is 79.9. The van der Waals surface area contributed by atoms with E-state index < -0.39 is 0 Å². The van der Waals surface area contributed by atoms with E-state index in [2.05, 4.69) is 26.5 Å². The number of hydrogen-bond donors (Lipinski definition) is 1. The van der Waals surface area contributed by atoms with Crippen molar-refractivity contribution in [3.05, 3.63) is 70.2 Å². The summed E-state index contributed by atoms with van der Waals surface area (Å²) in [7, 11) is 1.62. The molecule has 0 aliphatic heterocycles. The Morgan fingerprint density at radius 1 is 1.18 bits per heavy atom. The van der Waals surface area contributed by atoms with E-state index in [1.54, 1.807) is 31.4 Å². The van der Waals surface area contributed by atoms with Crippen LogP contribution in [0.4, 0.5) is 0 Å². The summed E-state index contributed by atoms with van der Waals surface area (Å²) in [6.45, 7) is 0. The largest absolute Gasteiger partial charge is 0.496 e. The molecule has 4 nitrogen and oxygen atoms in total. The average molecular weight is 359 g/mol. The van der Waals surface area contributed by atoms with Gasteiger partial charge in [0.2, 0.25) is 0 Å². The first-order valence-electron chi connectivity index (χ1n) is 6.60. The van der Waals surface area contributed by atoms with Crippen molar-refractivity contribution >= 4 is 34.1 Å². The van der Waals surface area contributed by atoms with Gasteiger partial charge in [0.25, 0.3) is 5.91 Å². The summed E-state index contributed by atoms with van der Waals surface area (Å²) in [6, 6.07) is 14.8. The Morgan fingerprint density at radius 2 is 1.91 bits per heavy atom. The minimum atomic E-state index is -0.269. The van der Waals surface area contributed by atoms with E-state index >= 15 is 0 Å². The van der Waals surface area contributed by atoms with Crippen molar-refractivity contribution in [1.82, 2.24) is 5.43 Å². The molecule has 22 heavy (non-hydrogen) atoms. The van der Waals surface area contributed by atoms with E-state index in [-0.39, 0.29) is 5.91 Å². The maximum atomic E-state index is 11.9. The number of carbonyl (C=O) groups excluding carboxylic acids is 1. The molecule has 0 spiro atoms. The van der Waals surface area contributed by atoms with Crippen LogP contribution in [0.2, 0.25) is 0 Å². The number of benzene rings is 2. The molecule has 1 amide bonds. The number of rotatable bonds is 5. The molecule has 0 saturated carbocycles. The van der Waals surface area contributed by atoms with Crippen LogP contribution in [0, 0.1) is 0 Å². The van der Waals surface area contributed by atoms with Crippen LogP contribution in [0.1, 0.15) is 15.9 Å². The van der Waals surface area contributed by atoms with Crippen molar-refractivity contribution in [2.75, 3.05) is 7.11 Å². The predicted octanol–water partition coefficient (Wildman–Crippen LogP) is 3.89. The van der Waals surface area contributed by atoms with E-state index in [0.717, 1.165) is 15.8 Å².